The van der Waals surface area contributed by atoms with Crippen molar-refractivity contribution >= 4 is 11.6 Å². The summed E-state index contributed by atoms with van der Waals surface area (Å²) in [6, 6.07) is 10.2. The van der Waals surface area contributed by atoms with Gasteiger partial charge in [0.05, 0.1) is 5.56 Å². The van der Waals surface area contributed by atoms with Crippen molar-refractivity contribution < 1.29 is 17.6 Å². The van der Waals surface area contributed by atoms with E-state index in [4.69, 9.17) is 0 Å². The average Bonchev–Trinajstić information content (AvgIpc) is 3.09. The Bertz CT molecular complexity index is 973. The first kappa shape index (κ1) is 16.3. The van der Waals surface area contributed by atoms with E-state index in [1.54, 1.807) is 24.3 Å². The Morgan fingerprint density at radius 3 is 2.46 bits per heavy atom. The molecule has 1 aliphatic rings. The van der Waals surface area contributed by atoms with Gasteiger partial charge in [0.25, 0.3) is 0 Å². The molecule has 1 N–H and O–H groups in total. The van der Waals surface area contributed by atoms with E-state index in [1.807, 2.05) is 0 Å². The van der Waals surface area contributed by atoms with Crippen molar-refractivity contribution in [3.8, 4) is 0 Å². The van der Waals surface area contributed by atoms with Crippen molar-refractivity contribution in [3.05, 3.63) is 83.4 Å². The number of fused-ring (bicyclic) bond motifs is 1. The highest BCUT2D eigenvalue weighted by molar-refractivity contribution is 5.77. The van der Waals surface area contributed by atoms with E-state index in [1.165, 1.54) is 35.3 Å². The van der Waals surface area contributed by atoms with Gasteiger partial charge in [0, 0.05) is 5.70 Å². The Hall–Kier alpha value is -3.16. The van der Waals surface area contributed by atoms with Crippen LogP contribution in [0.5, 0.6) is 0 Å². The fraction of sp³-hybridized carbons (Fsp3) is 0.111. The van der Waals surface area contributed by atoms with Crippen LogP contribution >= 0.6 is 0 Å². The summed E-state index contributed by atoms with van der Waals surface area (Å²) in [5, 5.41) is 7.07. The van der Waals surface area contributed by atoms with E-state index in [0.29, 0.717) is 17.2 Å². The number of allylic oxidation sites excluding steroid dienone is 1. The van der Waals surface area contributed by atoms with Crippen LogP contribution in [0.15, 0.2) is 60.9 Å². The minimum absolute atomic E-state index is 0.0628. The molecular weight excluding hydrogens is 348 g/mol. The average molecular weight is 360 g/mol. The molecule has 0 spiro atoms. The van der Waals surface area contributed by atoms with E-state index in [0.717, 1.165) is 6.07 Å². The van der Waals surface area contributed by atoms with Gasteiger partial charge in [0.2, 0.25) is 5.95 Å². The zero-order valence-electron chi connectivity index (χ0n) is 13.2. The molecule has 132 valence electrons. The second-order valence-electron chi connectivity index (χ2n) is 5.77. The topological polar surface area (TPSA) is 42.7 Å². The number of aromatic nitrogens is 3. The maximum Gasteiger partial charge on any atom is 0.416 e. The summed E-state index contributed by atoms with van der Waals surface area (Å²) in [5.41, 5.74) is 0.499. The van der Waals surface area contributed by atoms with E-state index in [9.17, 15) is 17.6 Å². The number of anilines is 1. The normalized spacial score (nSPS) is 16.6. The van der Waals surface area contributed by atoms with Gasteiger partial charge in [-0.1, -0.05) is 18.2 Å². The van der Waals surface area contributed by atoms with Gasteiger partial charge in [0.1, 0.15) is 18.2 Å². The van der Waals surface area contributed by atoms with Gasteiger partial charge >= 0.3 is 6.18 Å². The molecule has 0 saturated carbocycles. The Labute approximate surface area is 145 Å². The number of alkyl halides is 3. The first-order valence-corrected chi connectivity index (χ1v) is 7.74. The SMILES string of the molecule is Fc1ccc(C2=C[C@H](c3ccccc3C(F)(F)F)n3ncnc3N2)cc1. The molecule has 1 aliphatic heterocycles. The zero-order chi connectivity index (χ0) is 18.3. The quantitative estimate of drug-likeness (QED) is 0.685. The highest BCUT2D eigenvalue weighted by atomic mass is 19.4. The fourth-order valence-electron chi connectivity index (χ4n) is 2.97. The predicted octanol–water partition coefficient (Wildman–Crippen LogP) is 4.49. The molecule has 0 radical (unpaired) electrons. The number of rotatable bonds is 2. The predicted molar refractivity (Wildman–Crippen MR) is 87.6 cm³/mol. The summed E-state index contributed by atoms with van der Waals surface area (Å²) in [5.74, 6) is -0.0823. The second kappa shape index (κ2) is 5.98. The lowest BCUT2D eigenvalue weighted by Crippen LogP contribution is -2.22. The van der Waals surface area contributed by atoms with Gasteiger partial charge in [-0.15, -0.1) is 0 Å². The lowest BCUT2D eigenvalue weighted by Gasteiger charge is -2.26. The number of benzene rings is 2. The summed E-state index contributed by atoms with van der Waals surface area (Å²) in [4.78, 5) is 4.06. The fourth-order valence-corrected chi connectivity index (χ4v) is 2.97. The summed E-state index contributed by atoms with van der Waals surface area (Å²) in [6.45, 7) is 0. The third-order valence-electron chi connectivity index (χ3n) is 4.15. The molecule has 1 atom stereocenters. The van der Waals surface area contributed by atoms with Crippen LogP contribution in [-0.4, -0.2) is 14.8 Å². The van der Waals surface area contributed by atoms with Crippen molar-refractivity contribution in [3.63, 3.8) is 0 Å². The molecule has 0 amide bonds. The lowest BCUT2D eigenvalue weighted by molar-refractivity contribution is -0.138. The van der Waals surface area contributed by atoms with Gasteiger partial charge in [-0.2, -0.15) is 23.3 Å². The van der Waals surface area contributed by atoms with Gasteiger partial charge in [-0.05, 0) is 47.5 Å². The van der Waals surface area contributed by atoms with Crippen molar-refractivity contribution in [2.24, 2.45) is 0 Å². The molecule has 2 heterocycles. The molecule has 3 aromatic rings. The largest absolute Gasteiger partial charge is 0.416 e. The van der Waals surface area contributed by atoms with Gasteiger partial charge in [-0.3, -0.25) is 0 Å². The van der Waals surface area contributed by atoms with Crippen molar-refractivity contribution in [1.29, 1.82) is 0 Å². The number of nitrogens with one attached hydrogen (secondary N) is 1. The molecule has 0 saturated heterocycles. The molecule has 26 heavy (non-hydrogen) atoms. The van der Waals surface area contributed by atoms with E-state index < -0.39 is 23.6 Å². The molecule has 4 nitrogen and oxygen atoms in total. The first-order chi connectivity index (χ1) is 12.4. The summed E-state index contributed by atoms with van der Waals surface area (Å²) >= 11 is 0. The molecule has 0 unspecified atom stereocenters. The smallest absolute Gasteiger partial charge is 0.324 e. The van der Waals surface area contributed by atoms with Crippen LogP contribution < -0.4 is 5.32 Å². The Morgan fingerprint density at radius 1 is 1.00 bits per heavy atom. The Balaban J connectivity index is 1.86. The summed E-state index contributed by atoms with van der Waals surface area (Å²) in [6.07, 6.45) is -1.60. The van der Waals surface area contributed by atoms with Gasteiger partial charge in [-0.25, -0.2) is 9.07 Å². The molecule has 0 aliphatic carbocycles. The van der Waals surface area contributed by atoms with Crippen molar-refractivity contribution in [1.82, 2.24) is 14.8 Å². The van der Waals surface area contributed by atoms with Crippen LogP contribution in [0.1, 0.15) is 22.7 Å². The molecular formula is C18H12F4N4. The highest BCUT2D eigenvalue weighted by Crippen LogP contribution is 2.39. The third kappa shape index (κ3) is 2.83. The maximum atomic E-state index is 13.4. The number of hydrogen-bond donors (Lipinski definition) is 1. The molecule has 2 aromatic carbocycles. The Morgan fingerprint density at radius 2 is 1.73 bits per heavy atom. The first-order valence-electron chi connectivity index (χ1n) is 7.74. The third-order valence-corrected chi connectivity index (χ3v) is 4.15. The van der Waals surface area contributed by atoms with Crippen LogP contribution in [-0.2, 0) is 6.18 Å². The van der Waals surface area contributed by atoms with Crippen molar-refractivity contribution in [2.75, 3.05) is 5.32 Å². The number of hydrogen-bond acceptors (Lipinski definition) is 3. The van der Waals surface area contributed by atoms with Crippen LogP contribution in [0.4, 0.5) is 23.5 Å². The number of nitrogens with zero attached hydrogens (tertiary/aromatic N) is 3. The van der Waals surface area contributed by atoms with Crippen LogP contribution in [0.3, 0.4) is 0 Å². The van der Waals surface area contributed by atoms with E-state index in [-0.39, 0.29) is 5.56 Å². The maximum absolute atomic E-state index is 13.4. The molecule has 8 heteroatoms. The zero-order valence-corrected chi connectivity index (χ0v) is 13.2. The summed E-state index contributed by atoms with van der Waals surface area (Å²) < 4.78 is 54.9. The Kier molecular flexibility index (Phi) is 3.75. The molecule has 0 bridgehead atoms. The molecule has 4 rings (SSSR count). The standard InChI is InChI=1S/C18H12F4N4/c19-12-7-5-11(6-8-12)15-9-16(26-17(25-15)23-10-24-26)13-3-1-2-4-14(13)18(20,21)22/h1-10,16H,(H,23,24,25)/t16-/m1/s1. The summed E-state index contributed by atoms with van der Waals surface area (Å²) in [7, 11) is 0. The van der Waals surface area contributed by atoms with E-state index in [2.05, 4.69) is 15.4 Å². The van der Waals surface area contributed by atoms with Crippen molar-refractivity contribution in [2.45, 2.75) is 12.2 Å². The molecule has 1 aromatic heterocycles. The lowest BCUT2D eigenvalue weighted by atomic mass is 9.97. The number of halogens is 4. The minimum atomic E-state index is -4.49. The van der Waals surface area contributed by atoms with Gasteiger partial charge in [0.15, 0.2) is 0 Å². The van der Waals surface area contributed by atoms with Crippen LogP contribution in [0.2, 0.25) is 0 Å². The molecule has 0 fully saturated rings. The van der Waals surface area contributed by atoms with E-state index >= 15 is 0 Å². The second-order valence-corrected chi connectivity index (χ2v) is 5.77. The highest BCUT2D eigenvalue weighted by Gasteiger charge is 2.36. The monoisotopic (exact) mass is 360 g/mol. The van der Waals surface area contributed by atoms with Crippen LogP contribution in [0.25, 0.3) is 5.70 Å². The van der Waals surface area contributed by atoms with Crippen LogP contribution in [0, 0.1) is 5.82 Å². The van der Waals surface area contributed by atoms with Gasteiger partial charge < -0.3 is 5.32 Å². The minimum Gasteiger partial charge on any atom is -0.324 e.